The molecule has 2 saturated heterocycles. The molecule has 2 atom stereocenters. The first-order valence-corrected chi connectivity index (χ1v) is 14.1. The number of benzene rings is 2. The van der Waals surface area contributed by atoms with Crippen molar-refractivity contribution in [1.82, 2.24) is 4.90 Å². The van der Waals surface area contributed by atoms with Crippen LogP contribution in [-0.4, -0.2) is 61.2 Å². The Hall–Kier alpha value is -2.03. The first-order chi connectivity index (χ1) is 17.9. The summed E-state index contributed by atoms with van der Waals surface area (Å²) in [6, 6.07) is 13.8. The van der Waals surface area contributed by atoms with Gasteiger partial charge in [0.2, 0.25) is 0 Å². The highest BCUT2D eigenvalue weighted by Gasteiger charge is 2.30. The van der Waals surface area contributed by atoms with Gasteiger partial charge in [0.15, 0.2) is 0 Å². The smallest absolute Gasteiger partial charge is 0.309 e. The summed E-state index contributed by atoms with van der Waals surface area (Å²) in [4.78, 5) is 27.6. The summed E-state index contributed by atoms with van der Waals surface area (Å²) in [5.74, 6) is -0.589. The standard InChI is InChI=1S/C28H31Cl2NO5S/c1-3-35-28(33)20-11-13-31(14-12-20)27(32)18(2)22-9-10-23(26(30)25(22)29)37-24-17-34-16-21(36-24)15-19-7-5-4-6-8-19/h4-10,20-21,24H,2-3,11-17H2,1H3. The van der Waals surface area contributed by atoms with Crippen LogP contribution < -0.4 is 0 Å². The van der Waals surface area contributed by atoms with Crippen molar-refractivity contribution in [1.29, 1.82) is 0 Å². The normalized spacial score (nSPS) is 20.5. The van der Waals surface area contributed by atoms with Crippen LogP contribution in [0, 0.1) is 5.92 Å². The fraction of sp³-hybridized carbons (Fsp3) is 0.429. The summed E-state index contributed by atoms with van der Waals surface area (Å²) in [7, 11) is 0. The summed E-state index contributed by atoms with van der Waals surface area (Å²) in [6.07, 6.45) is 1.85. The van der Waals surface area contributed by atoms with Crippen molar-refractivity contribution in [2.75, 3.05) is 32.9 Å². The van der Waals surface area contributed by atoms with Gasteiger partial charge in [-0.2, -0.15) is 0 Å². The van der Waals surface area contributed by atoms with Gasteiger partial charge < -0.3 is 19.1 Å². The number of nitrogens with zero attached hydrogens (tertiary/aromatic N) is 1. The lowest BCUT2D eigenvalue weighted by Gasteiger charge is -2.31. The van der Waals surface area contributed by atoms with Crippen LogP contribution in [0.3, 0.4) is 0 Å². The van der Waals surface area contributed by atoms with Crippen molar-refractivity contribution in [3.63, 3.8) is 0 Å². The maximum atomic E-state index is 13.1. The van der Waals surface area contributed by atoms with Crippen molar-refractivity contribution in [3.05, 3.63) is 70.2 Å². The number of hydrogen-bond donors (Lipinski definition) is 0. The van der Waals surface area contributed by atoms with Crippen LogP contribution in [-0.2, 0) is 30.2 Å². The predicted molar refractivity (Wildman–Crippen MR) is 147 cm³/mol. The quantitative estimate of drug-likeness (QED) is 0.295. The van der Waals surface area contributed by atoms with Crippen molar-refractivity contribution in [2.24, 2.45) is 5.92 Å². The predicted octanol–water partition coefficient (Wildman–Crippen LogP) is 5.88. The van der Waals surface area contributed by atoms with E-state index in [0.29, 0.717) is 56.3 Å². The molecular weight excluding hydrogens is 533 g/mol. The van der Waals surface area contributed by atoms with E-state index in [1.54, 1.807) is 17.9 Å². The van der Waals surface area contributed by atoms with Crippen LogP contribution in [0.5, 0.6) is 0 Å². The first-order valence-electron chi connectivity index (χ1n) is 12.4. The van der Waals surface area contributed by atoms with Crippen LogP contribution in [0.15, 0.2) is 53.9 Å². The maximum Gasteiger partial charge on any atom is 0.309 e. The average Bonchev–Trinajstić information content (AvgIpc) is 2.92. The number of amides is 1. The minimum absolute atomic E-state index is 0.0486. The summed E-state index contributed by atoms with van der Waals surface area (Å²) in [5.41, 5.74) is 1.74. The topological polar surface area (TPSA) is 65.1 Å². The molecule has 2 aliphatic rings. The third-order valence-corrected chi connectivity index (χ3v) is 8.60. The molecule has 9 heteroatoms. The Morgan fingerprint density at radius 1 is 1.08 bits per heavy atom. The fourth-order valence-corrected chi connectivity index (χ4v) is 6.16. The zero-order chi connectivity index (χ0) is 26.4. The monoisotopic (exact) mass is 563 g/mol. The molecule has 0 aromatic heterocycles. The second-order valence-electron chi connectivity index (χ2n) is 9.07. The molecule has 4 rings (SSSR count). The SMILES string of the molecule is C=C(C(=O)N1CCC(C(=O)OCC)CC1)c1ccc(SC2COCC(Cc3ccccc3)O2)c(Cl)c1Cl. The number of halogens is 2. The van der Waals surface area contributed by atoms with Gasteiger partial charge in [-0.05, 0) is 31.4 Å². The molecule has 0 saturated carbocycles. The van der Waals surface area contributed by atoms with Gasteiger partial charge in [-0.15, -0.1) is 0 Å². The third kappa shape index (κ3) is 7.09. The minimum Gasteiger partial charge on any atom is -0.466 e. The van der Waals surface area contributed by atoms with E-state index in [9.17, 15) is 9.59 Å². The molecule has 2 aromatic rings. The van der Waals surface area contributed by atoms with Crippen LogP contribution in [0.2, 0.25) is 10.0 Å². The fourth-order valence-electron chi connectivity index (χ4n) is 4.52. The molecule has 0 radical (unpaired) electrons. The zero-order valence-corrected chi connectivity index (χ0v) is 23.1. The van der Waals surface area contributed by atoms with Gasteiger partial charge in [-0.25, -0.2) is 0 Å². The molecule has 198 valence electrons. The summed E-state index contributed by atoms with van der Waals surface area (Å²) in [5, 5.41) is 0.636. The number of hydrogen-bond acceptors (Lipinski definition) is 6. The molecule has 1 amide bonds. The molecule has 2 unspecified atom stereocenters. The lowest BCUT2D eigenvalue weighted by atomic mass is 9.96. The van der Waals surface area contributed by atoms with Crippen molar-refractivity contribution < 1.29 is 23.8 Å². The zero-order valence-electron chi connectivity index (χ0n) is 20.8. The number of likely N-dealkylation sites (tertiary alicyclic amines) is 1. The highest BCUT2D eigenvalue weighted by atomic mass is 35.5. The number of thioether (sulfide) groups is 1. The number of rotatable bonds is 8. The van der Waals surface area contributed by atoms with Gasteiger partial charge in [-0.1, -0.05) is 77.9 Å². The lowest BCUT2D eigenvalue weighted by Crippen LogP contribution is -2.40. The van der Waals surface area contributed by atoms with E-state index in [1.807, 2.05) is 24.3 Å². The molecule has 2 heterocycles. The molecule has 6 nitrogen and oxygen atoms in total. The number of esters is 1. The average molecular weight is 565 g/mol. The second kappa shape index (κ2) is 13.2. The number of piperidine rings is 1. The van der Waals surface area contributed by atoms with Crippen molar-refractivity contribution in [2.45, 2.75) is 42.6 Å². The highest BCUT2D eigenvalue weighted by molar-refractivity contribution is 8.00. The molecule has 0 aliphatic carbocycles. The van der Waals surface area contributed by atoms with E-state index in [1.165, 1.54) is 17.3 Å². The van der Waals surface area contributed by atoms with Crippen LogP contribution in [0.25, 0.3) is 5.57 Å². The molecule has 0 N–H and O–H groups in total. The maximum absolute atomic E-state index is 13.1. The third-order valence-electron chi connectivity index (χ3n) is 6.50. The lowest BCUT2D eigenvalue weighted by molar-refractivity contribution is -0.150. The van der Waals surface area contributed by atoms with Gasteiger partial charge in [-0.3, -0.25) is 9.59 Å². The molecule has 2 aromatic carbocycles. The molecule has 37 heavy (non-hydrogen) atoms. The molecule has 0 bridgehead atoms. The number of ether oxygens (including phenoxy) is 3. The van der Waals surface area contributed by atoms with E-state index in [4.69, 9.17) is 37.4 Å². The van der Waals surface area contributed by atoms with E-state index in [0.717, 1.165) is 11.3 Å². The van der Waals surface area contributed by atoms with Gasteiger partial charge in [0.1, 0.15) is 5.44 Å². The van der Waals surface area contributed by atoms with Crippen LogP contribution >= 0.6 is 35.0 Å². The Labute approximate surface area is 232 Å². The van der Waals surface area contributed by atoms with E-state index < -0.39 is 0 Å². The Bertz CT molecular complexity index is 1120. The Balaban J connectivity index is 1.36. The highest BCUT2D eigenvalue weighted by Crippen LogP contribution is 2.40. The molecular formula is C28H31Cl2NO5S. The second-order valence-corrected chi connectivity index (χ2v) is 11.0. The molecule has 2 aliphatic heterocycles. The Kier molecular flexibility index (Phi) is 9.96. The molecule has 2 fully saturated rings. The number of carbonyl (C=O) groups excluding carboxylic acids is 2. The van der Waals surface area contributed by atoms with Crippen LogP contribution in [0.4, 0.5) is 0 Å². The number of carbonyl (C=O) groups is 2. The van der Waals surface area contributed by atoms with Crippen LogP contribution in [0.1, 0.15) is 30.9 Å². The summed E-state index contributed by atoms with van der Waals surface area (Å²) < 4.78 is 17.2. The largest absolute Gasteiger partial charge is 0.466 e. The minimum atomic E-state index is -0.229. The summed E-state index contributed by atoms with van der Waals surface area (Å²) >= 11 is 14.7. The van der Waals surface area contributed by atoms with E-state index in [-0.39, 0.29) is 39.9 Å². The van der Waals surface area contributed by atoms with Gasteiger partial charge in [0.05, 0.1) is 41.9 Å². The van der Waals surface area contributed by atoms with Gasteiger partial charge in [0.25, 0.3) is 5.91 Å². The first kappa shape index (κ1) is 28.0. The van der Waals surface area contributed by atoms with Crippen molar-refractivity contribution in [3.8, 4) is 0 Å². The Morgan fingerprint density at radius 2 is 1.81 bits per heavy atom. The van der Waals surface area contributed by atoms with Gasteiger partial charge in [0, 0.05) is 35.5 Å². The molecule has 0 spiro atoms. The van der Waals surface area contributed by atoms with E-state index >= 15 is 0 Å². The Morgan fingerprint density at radius 3 is 2.51 bits per heavy atom. The van der Waals surface area contributed by atoms with Crippen molar-refractivity contribution >= 4 is 52.4 Å². The van der Waals surface area contributed by atoms with Gasteiger partial charge >= 0.3 is 5.97 Å². The van der Waals surface area contributed by atoms with E-state index in [2.05, 4.69) is 18.7 Å². The summed E-state index contributed by atoms with van der Waals surface area (Å²) in [6.45, 7) is 8.06.